The lowest BCUT2D eigenvalue weighted by Crippen LogP contribution is -2.40. The van der Waals surface area contributed by atoms with E-state index in [1.807, 2.05) is 39.8 Å². The van der Waals surface area contributed by atoms with Gasteiger partial charge in [0.05, 0.1) is 12.6 Å². The highest BCUT2D eigenvalue weighted by Crippen LogP contribution is 2.34. The Labute approximate surface area is 246 Å². The average Bonchev–Trinajstić information content (AvgIpc) is 3.11. The summed E-state index contributed by atoms with van der Waals surface area (Å²) in [6.45, 7) is 9.84. The number of ether oxygens (including phenoxy) is 2. The number of carbonyl (C=O) groups is 3. The molecule has 3 aromatic rings. The highest BCUT2D eigenvalue weighted by Gasteiger charge is 2.36. The van der Waals surface area contributed by atoms with Crippen LogP contribution in [0.25, 0.3) is 11.3 Å². The van der Waals surface area contributed by atoms with E-state index in [1.165, 1.54) is 4.68 Å². The number of pyridine rings is 1. The van der Waals surface area contributed by atoms with Crippen molar-refractivity contribution in [2.24, 2.45) is 0 Å². The molecular weight excluding hydrogens is 536 g/mol. The average molecular weight is 577 g/mol. The number of aryl methyl sites for hydroxylation is 1. The molecule has 0 saturated carbocycles. The van der Waals surface area contributed by atoms with Crippen LogP contribution in [0, 0.1) is 0 Å². The Balaban J connectivity index is 1.68. The van der Waals surface area contributed by atoms with Crippen molar-refractivity contribution in [1.29, 1.82) is 0 Å². The monoisotopic (exact) mass is 576 g/mol. The third-order valence-electron chi connectivity index (χ3n) is 6.98. The zero-order valence-electron chi connectivity index (χ0n) is 25.0. The Morgan fingerprint density at radius 2 is 1.81 bits per heavy atom. The first-order chi connectivity index (χ1) is 20.0. The summed E-state index contributed by atoms with van der Waals surface area (Å²) in [4.78, 5) is 49.9. The summed E-state index contributed by atoms with van der Waals surface area (Å²) < 4.78 is 12.3. The molecule has 1 atom stereocenters. The normalized spacial score (nSPS) is 15.5. The van der Waals surface area contributed by atoms with Gasteiger partial charge in [-0.3, -0.25) is 9.69 Å². The second-order valence-corrected chi connectivity index (χ2v) is 11.2. The third kappa shape index (κ3) is 7.07. The minimum absolute atomic E-state index is 0.0676. The topological polar surface area (TPSA) is 142 Å². The molecule has 1 aliphatic rings. The van der Waals surface area contributed by atoms with E-state index in [0.29, 0.717) is 41.4 Å². The number of anilines is 1. The highest BCUT2D eigenvalue weighted by molar-refractivity contribution is 6.04. The van der Waals surface area contributed by atoms with Crippen molar-refractivity contribution >= 4 is 23.8 Å². The molecule has 0 unspecified atom stereocenters. The van der Waals surface area contributed by atoms with Crippen LogP contribution >= 0.6 is 0 Å². The molecule has 4 rings (SSSR count). The van der Waals surface area contributed by atoms with Crippen molar-refractivity contribution in [1.82, 2.24) is 19.5 Å². The number of hydrogen-bond acceptors (Lipinski definition) is 8. The van der Waals surface area contributed by atoms with E-state index in [4.69, 9.17) is 20.3 Å². The minimum atomic E-state index is -0.670. The molecule has 0 bridgehead atoms. The second-order valence-electron chi connectivity index (χ2n) is 11.2. The van der Waals surface area contributed by atoms with Crippen LogP contribution in [0.1, 0.15) is 98.6 Å². The van der Waals surface area contributed by atoms with Crippen molar-refractivity contribution in [2.75, 3.05) is 24.3 Å². The molecule has 1 fully saturated rings. The zero-order chi connectivity index (χ0) is 30.4. The fourth-order valence-corrected chi connectivity index (χ4v) is 4.93. The molecule has 2 aromatic heterocycles. The number of nitrogens with one attached hydrogen (secondary N) is 1. The SMILES string of the molecule is CCOC(=O)c1c(-c2ccc(C(=O)Nc3cc(CC)ccn3)cc2)nc([C@@H]2CCCCCN2C(=O)OC(C)(C)C)n1N. The minimum Gasteiger partial charge on any atom is -0.461 e. The molecule has 0 radical (unpaired) electrons. The lowest BCUT2D eigenvalue weighted by Gasteiger charge is -2.31. The van der Waals surface area contributed by atoms with Gasteiger partial charge in [0, 0.05) is 23.9 Å². The van der Waals surface area contributed by atoms with Crippen LogP contribution in [-0.2, 0) is 15.9 Å². The lowest BCUT2D eigenvalue weighted by molar-refractivity contribution is 0.0153. The van der Waals surface area contributed by atoms with Gasteiger partial charge in [-0.15, -0.1) is 0 Å². The van der Waals surface area contributed by atoms with Crippen LogP contribution in [0.3, 0.4) is 0 Å². The number of nitrogen functional groups attached to an aromatic ring is 1. The molecule has 0 spiro atoms. The first-order valence-corrected chi connectivity index (χ1v) is 14.4. The number of esters is 1. The van der Waals surface area contributed by atoms with Crippen molar-refractivity contribution in [3.05, 3.63) is 65.2 Å². The molecule has 0 aliphatic carbocycles. The van der Waals surface area contributed by atoms with Gasteiger partial charge >= 0.3 is 12.1 Å². The van der Waals surface area contributed by atoms with E-state index in [2.05, 4.69) is 10.3 Å². The molecule has 11 nitrogen and oxygen atoms in total. The standard InChI is InChI=1S/C31H40N6O5/c1-6-20-16-17-33-24(19-20)34-28(38)22-14-12-21(13-15-22)25-26(29(39)41-7-2)37(32)27(35-25)23-11-9-8-10-18-36(23)30(40)42-31(3,4)5/h12-17,19,23H,6-11,18,32H2,1-5H3,(H,33,34,38)/t23-/m0/s1. The van der Waals surface area contributed by atoms with Crippen LogP contribution in [0.4, 0.5) is 10.6 Å². The number of imidazole rings is 1. The maximum absolute atomic E-state index is 13.2. The quantitative estimate of drug-likeness (QED) is 0.277. The highest BCUT2D eigenvalue weighted by atomic mass is 16.6. The van der Waals surface area contributed by atoms with Gasteiger partial charge in [0.15, 0.2) is 11.5 Å². The van der Waals surface area contributed by atoms with Gasteiger partial charge < -0.3 is 20.6 Å². The summed E-state index contributed by atoms with van der Waals surface area (Å²) in [5, 5.41) is 2.82. The number of likely N-dealkylation sites (tertiary alicyclic amines) is 1. The molecule has 3 heterocycles. The molecule has 1 aliphatic heterocycles. The predicted octanol–water partition coefficient (Wildman–Crippen LogP) is 5.50. The Bertz CT molecular complexity index is 1430. The van der Waals surface area contributed by atoms with E-state index >= 15 is 0 Å². The van der Waals surface area contributed by atoms with E-state index in [-0.39, 0.29) is 18.2 Å². The van der Waals surface area contributed by atoms with Gasteiger partial charge in [-0.1, -0.05) is 31.9 Å². The number of hydrogen-bond donors (Lipinski definition) is 2. The zero-order valence-corrected chi connectivity index (χ0v) is 25.0. The van der Waals surface area contributed by atoms with E-state index in [9.17, 15) is 14.4 Å². The third-order valence-corrected chi connectivity index (χ3v) is 6.98. The smallest absolute Gasteiger partial charge is 0.410 e. The predicted molar refractivity (Wildman–Crippen MR) is 159 cm³/mol. The second kappa shape index (κ2) is 13.1. The number of nitrogens with zero attached hydrogens (tertiary/aromatic N) is 4. The van der Waals surface area contributed by atoms with Gasteiger partial charge in [-0.05, 0) is 76.8 Å². The van der Waals surface area contributed by atoms with Gasteiger partial charge in [-0.25, -0.2) is 24.2 Å². The lowest BCUT2D eigenvalue weighted by atomic mass is 10.1. The van der Waals surface area contributed by atoms with Crippen molar-refractivity contribution in [2.45, 2.75) is 78.4 Å². The van der Waals surface area contributed by atoms with E-state index < -0.39 is 23.7 Å². The number of rotatable bonds is 7. The summed E-state index contributed by atoms with van der Waals surface area (Å²) in [6, 6.07) is 9.95. The van der Waals surface area contributed by atoms with Crippen molar-refractivity contribution in [3.63, 3.8) is 0 Å². The van der Waals surface area contributed by atoms with Crippen molar-refractivity contribution < 1.29 is 23.9 Å². The Kier molecular flexibility index (Phi) is 9.49. The first kappa shape index (κ1) is 30.5. The van der Waals surface area contributed by atoms with E-state index in [0.717, 1.165) is 31.2 Å². The summed E-state index contributed by atoms with van der Waals surface area (Å²) >= 11 is 0. The van der Waals surface area contributed by atoms with Gasteiger partial charge in [0.1, 0.15) is 17.1 Å². The number of amides is 2. The fraction of sp³-hybridized carbons (Fsp3) is 0.452. The van der Waals surface area contributed by atoms with Crippen LogP contribution < -0.4 is 11.2 Å². The number of aromatic nitrogens is 3. The number of carbonyl (C=O) groups excluding carboxylic acids is 3. The van der Waals surface area contributed by atoms with Crippen LogP contribution in [0.15, 0.2) is 42.6 Å². The maximum Gasteiger partial charge on any atom is 0.410 e. The Hall–Kier alpha value is -4.41. The summed E-state index contributed by atoms with van der Waals surface area (Å²) in [6.07, 6.45) is 5.27. The molecule has 224 valence electrons. The van der Waals surface area contributed by atoms with Crippen LogP contribution in [0.5, 0.6) is 0 Å². The summed E-state index contributed by atoms with van der Waals surface area (Å²) in [7, 11) is 0. The largest absolute Gasteiger partial charge is 0.461 e. The van der Waals surface area contributed by atoms with Crippen molar-refractivity contribution in [3.8, 4) is 11.3 Å². The molecule has 42 heavy (non-hydrogen) atoms. The maximum atomic E-state index is 13.2. The molecule has 3 N–H and O–H groups in total. The Morgan fingerprint density at radius 1 is 1.07 bits per heavy atom. The molecule has 2 amide bonds. The van der Waals surface area contributed by atoms with E-state index in [1.54, 1.807) is 42.3 Å². The van der Waals surface area contributed by atoms with Crippen LogP contribution in [-0.4, -0.2) is 56.3 Å². The van der Waals surface area contributed by atoms with Gasteiger partial charge in [0.25, 0.3) is 5.91 Å². The first-order valence-electron chi connectivity index (χ1n) is 14.4. The summed E-state index contributed by atoms with van der Waals surface area (Å²) in [5.41, 5.74) is 1.75. The summed E-state index contributed by atoms with van der Waals surface area (Å²) in [5.74, 6) is 6.43. The number of nitrogens with two attached hydrogens (primary N) is 1. The molecule has 1 aromatic carbocycles. The van der Waals surface area contributed by atoms with Gasteiger partial charge in [0.2, 0.25) is 0 Å². The fourth-order valence-electron chi connectivity index (χ4n) is 4.93. The van der Waals surface area contributed by atoms with Crippen LogP contribution in [0.2, 0.25) is 0 Å². The molecule has 11 heteroatoms. The molecular formula is C31H40N6O5. The number of benzene rings is 1. The van der Waals surface area contributed by atoms with Gasteiger partial charge in [-0.2, -0.15) is 0 Å². The molecule has 1 saturated heterocycles. The Morgan fingerprint density at radius 3 is 2.48 bits per heavy atom.